The van der Waals surface area contributed by atoms with Gasteiger partial charge in [-0.05, 0) is 51.2 Å². The molecular weight excluding hydrogens is 220 g/mol. The molecule has 1 aliphatic heterocycles. The maximum atomic E-state index is 3.82. The van der Waals surface area contributed by atoms with Gasteiger partial charge in [0.25, 0.3) is 0 Å². The molecule has 1 atom stereocenters. The van der Waals surface area contributed by atoms with Crippen LogP contribution in [0.3, 0.4) is 0 Å². The fraction of sp³-hybridized carbons (Fsp3) is 1.00. The number of likely N-dealkylation sites (tertiary alicyclic amines) is 1. The van der Waals surface area contributed by atoms with Crippen molar-refractivity contribution in [3.63, 3.8) is 0 Å². The first-order valence-corrected chi connectivity index (χ1v) is 7.95. The average molecular weight is 254 g/mol. The third-order valence-electron chi connectivity index (χ3n) is 4.28. The van der Waals surface area contributed by atoms with Crippen molar-refractivity contribution < 1.29 is 0 Å². The van der Waals surface area contributed by atoms with Crippen LogP contribution in [-0.4, -0.2) is 37.6 Å². The van der Waals surface area contributed by atoms with Gasteiger partial charge in [-0.3, -0.25) is 0 Å². The minimum absolute atomic E-state index is 0.466. The van der Waals surface area contributed by atoms with E-state index >= 15 is 0 Å². The van der Waals surface area contributed by atoms with Crippen LogP contribution in [0.5, 0.6) is 0 Å². The summed E-state index contributed by atoms with van der Waals surface area (Å²) < 4.78 is 0. The molecule has 1 saturated heterocycles. The first-order chi connectivity index (χ1) is 8.53. The fourth-order valence-electron chi connectivity index (χ4n) is 2.81. The quantitative estimate of drug-likeness (QED) is 0.697. The predicted molar refractivity (Wildman–Crippen MR) is 81.1 cm³/mol. The molecule has 1 unspecified atom stereocenters. The van der Waals surface area contributed by atoms with Crippen molar-refractivity contribution in [2.24, 2.45) is 5.41 Å². The van der Waals surface area contributed by atoms with Crippen molar-refractivity contribution >= 4 is 0 Å². The summed E-state index contributed by atoms with van der Waals surface area (Å²) in [6.45, 7) is 10.8. The Labute approximate surface area is 115 Å². The van der Waals surface area contributed by atoms with E-state index in [-0.39, 0.29) is 0 Å². The number of hydrogen-bond acceptors (Lipinski definition) is 2. The van der Waals surface area contributed by atoms with Gasteiger partial charge < -0.3 is 10.2 Å². The molecule has 2 heteroatoms. The molecule has 1 aliphatic rings. The van der Waals surface area contributed by atoms with E-state index in [4.69, 9.17) is 0 Å². The summed E-state index contributed by atoms with van der Waals surface area (Å²) in [6.07, 6.45) is 9.50. The van der Waals surface area contributed by atoms with E-state index in [0.29, 0.717) is 5.41 Å². The molecule has 0 bridgehead atoms. The van der Waals surface area contributed by atoms with Crippen molar-refractivity contribution in [2.45, 2.75) is 71.8 Å². The number of unbranched alkanes of at least 4 members (excludes halogenated alkanes) is 2. The van der Waals surface area contributed by atoms with Crippen molar-refractivity contribution in [2.75, 3.05) is 26.7 Å². The summed E-state index contributed by atoms with van der Waals surface area (Å²) in [5.74, 6) is 0. The summed E-state index contributed by atoms with van der Waals surface area (Å²) >= 11 is 0. The molecule has 1 fully saturated rings. The molecule has 0 radical (unpaired) electrons. The van der Waals surface area contributed by atoms with Gasteiger partial charge in [-0.2, -0.15) is 0 Å². The average Bonchev–Trinajstić information content (AvgIpc) is 2.52. The van der Waals surface area contributed by atoms with E-state index in [1.807, 2.05) is 0 Å². The van der Waals surface area contributed by atoms with Crippen LogP contribution in [0.15, 0.2) is 0 Å². The molecule has 0 aromatic rings. The number of nitrogens with one attached hydrogen (secondary N) is 1. The lowest BCUT2D eigenvalue weighted by atomic mass is 9.86. The summed E-state index contributed by atoms with van der Waals surface area (Å²) in [5, 5.41) is 3.82. The van der Waals surface area contributed by atoms with Crippen LogP contribution >= 0.6 is 0 Å². The van der Waals surface area contributed by atoms with Gasteiger partial charge in [-0.25, -0.2) is 0 Å². The normalized spacial score (nSPS) is 23.0. The summed E-state index contributed by atoms with van der Waals surface area (Å²) in [7, 11) is 2.25. The van der Waals surface area contributed by atoms with Crippen molar-refractivity contribution in [1.29, 1.82) is 0 Å². The molecule has 108 valence electrons. The first kappa shape index (κ1) is 16.0. The highest BCUT2D eigenvalue weighted by molar-refractivity contribution is 4.78. The maximum Gasteiger partial charge on any atom is 0.00799 e. The standard InChI is InChI=1S/C16H34N2/c1-5-6-7-11-16(2,3)14-17-15-9-8-12-18(4)13-10-15/h15,17H,5-14H2,1-4H3. The number of rotatable bonds is 7. The summed E-state index contributed by atoms with van der Waals surface area (Å²) in [4.78, 5) is 2.47. The molecule has 0 amide bonds. The molecule has 1 heterocycles. The Morgan fingerprint density at radius 1 is 1.17 bits per heavy atom. The Bertz CT molecular complexity index is 213. The fourth-order valence-corrected chi connectivity index (χ4v) is 2.81. The van der Waals surface area contributed by atoms with Crippen LogP contribution in [0.2, 0.25) is 0 Å². The van der Waals surface area contributed by atoms with Gasteiger partial charge in [0.1, 0.15) is 0 Å². The predicted octanol–water partition coefficient (Wildman–Crippen LogP) is 3.67. The van der Waals surface area contributed by atoms with Crippen LogP contribution in [0.1, 0.15) is 65.7 Å². The zero-order chi connectivity index (χ0) is 13.4. The van der Waals surface area contributed by atoms with Gasteiger partial charge in [-0.15, -0.1) is 0 Å². The van der Waals surface area contributed by atoms with Crippen LogP contribution < -0.4 is 5.32 Å². The van der Waals surface area contributed by atoms with Gasteiger partial charge in [0.05, 0.1) is 0 Å². The highest BCUT2D eigenvalue weighted by Crippen LogP contribution is 2.23. The Hall–Kier alpha value is -0.0800. The van der Waals surface area contributed by atoms with Crippen LogP contribution in [0.25, 0.3) is 0 Å². The molecule has 2 nitrogen and oxygen atoms in total. The topological polar surface area (TPSA) is 15.3 Å². The largest absolute Gasteiger partial charge is 0.313 e. The van der Waals surface area contributed by atoms with Gasteiger partial charge in [0.2, 0.25) is 0 Å². The van der Waals surface area contributed by atoms with Gasteiger partial charge in [-0.1, -0.05) is 40.0 Å². The monoisotopic (exact) mass is 254 g/mol. The minimum atomic E-state index is 0.466. The SMILES string of the molecule is CCCCCC(C)(C)CNC1CCCN(C)CC1. The van der Waals surface area contributed by atoms with E-state index in [0.717, 1.165) is 6.04 Å². The van der Waals surface area contributed by atoms with E-state index in [1.165, 1.54) is 64.6 Å². The second-order valence-electron chi connectivity index (χ2n) is 6.93. The van der Waals surface area contributed by atoms with Crippen LogP contribution in [-0.2, 0) is 0 Å². The zero-order valence-electron chi connectivity index (χ0n) is 13.1. The van der Waals surface area contributed by atoms with Crippen molar-refractivity contribution in [1.82, 2.24) is 10.2 Å². The first-order valence-electron chi connectivity index (χ1n) is 7.95. The van der Waals surface area contributed by atoms with Crippen molar-refractivity contribution in [3.8, 4) is 0 Å². The molecule has 0 spiro atoms. The minimum Gasteiger partial charge on any atom is -0.313 e. The van der Waals surface area contributed by atoms with E-state index in [9.17, 15) is 0 Å². The number of hydrogen-bond donors (Lipinski definition) is 1. The van der Waals surface area contributed by atoms with E-state index < -0.39 is 0 Å². The van der Waals surface area contributed by atoms with Crippen LogP contribution in [0, 0.1) is 5.41 Å². The van der Waals surface area contributed by atoms with Crippen LogP contribution in [0.4, 0.5) is 0 Å². The van der Waals surface area contributed by atoms with Gasteiger partial charge in [0.15, 0.2) is 0 Å². The lowest BCUT2D eigenvalue weighted by Gasteiger charge is -2.28. The lowest BCUT2D eigenvalue weighted by molar-refractivity contribution is 0.278. The second-order valence-corrected chi connectivity index (χ2v) is 6.93. The molecule has 0 aromatic carbocycles. The Balaban J connectivity index is 2.21. The zero-order valence-corrected chi connectivity index (χ0v) is 13.1. The third kappa shape index (κ3) is 6.75. The molecule has 18 heavy (non-hydrogen) atoms. The van der Waals surface area contributed by atoms with Gasteiger partial charge in [0, 0.05) is 12.6 Å². The Morgan fingerprint density at radius 3 is 2.67 bits per heavy atom. The smallest absolute Gasteiger partial charge is 0.00799 e. The second kappa shape index (κ2) is 8.16. The molecular formula is C16H34N2. The molecule has 1 rings (SSSR count). The summed E-state index contributed by atoms with van der Waals surface area (Å²) in [6, 6.07) is 0.750. The molecule has 0 aromatic heterocycles. The van der Waals surface area contributed by atoms with E-state index in [1.54, 1.807) is 0 Å². The third-order valence-corrected chi connectivity index (χ3v) is 4.28. The maximum absolute atomic E-state index is 3.82. The Kier molecular flexibility index (Phi) is 7.25. The van der Waals surface area contributed by atoms with Crippen molar-refractivity contribution in [3.05, 3.63) is 0 Å². The molecule has 0 aliphatic carbocycles. The highest BCUT2D eigenvalue weighted by atomic mass is 15.1. The Morgan fingerprint density at radius 2 is 1.94 bits per heavy atom. The molecule has 1 N–H and O–H groups in total. The number of nitrogens with zero attached hydrogens (tertiary/aromatic N) is 1. The van der Waals surface area contributed by atoms with Gasteiger partial charge >= 0.3 is 0 Å². The highest BCUT2D eigenvalue weighted by Gasteiger charge is 2.20. The van der Waals surface area contributed by atoms with E-state index in [2.05, 4.69) is 38.0 Å². The summed E-state index contributed by atoms with van der Waals surface area (Å²) in [5.41, 5.74) is 0.466. The molecule has 0 saturated carbocycles. The lowest BCUT2D eigenvalue weighted by Crippen LogP contribution is -2.37.